The Labute approximate surface area is 74.9 Å². The second-order valence-corrected chi connectivity index (χ2v) is 4.82. The molecule has 0 aromatic heterocycles. The van der Waals surface area contributed by atoms with E-state index in [-0.39, 0.29) is 0 Å². The summed E-state index contributed by atoms with van der Waals surface area (Å²) >= 11 is 0. The third-order valence-corrected chi connectivity index (χ3v) is 3.95. The number of hydrogen-bond acceptors (Lipinski definition) is 1. The maximum absolute atomic E-state index is 5.65. The highest BCUT2D eigenvalue weighted by Gasteiger charge is 2.45. The fourth-order valence-corrected chi connectivity index (χ4v) is 2.64. The van der Waals surface area contributed by atoms with Gasteiger partial charge in [0.1, 0.15) is 39.3 Å². The van der Waals surface area contributed by atoms with Crippen molar-refractivity contribution in [3.63, 3.8) is 0 Å². The minimum Gasteiger partial charge on any atom is -0.326 e. The molecule has 0 unspecified atom stereocenters. The van der Waals surface area contributed by atoms with E-state index in [1.54, 1.807) is 0 Å². The summed E-state index contributed by atoms with van der Waals surface area (Å²) in [6.45, 7) is 10.3. The van der Waals surface area contributed by atoms with Gasteiger partial charge in [0.2, 0.25) is 0 Å². The molecule has 0 aromatic carbocycles. The summed E-state index contributed by atoms with van der Waals surface area (Å²) < 4.78 is 2.65. The molecule has 3 fully saturated rings. The van der Waals surface area contributed by atoms with Gasteiger partial charge in [-0.1, -0.05) is 0 Å². The molecule has 3 aliphatic rings. The largest absolute Gasteiger partial charge is 0.326 e. The molecular formula is C9H21N3+2. The van der Waals surface area contributed by atoms with Crippen LogP contribution in [0.1, 0.15) is 0 Å². The maximum Gasteiger partial charge on any atom is 0.129 e. The lowest BCUT2D eigenvalue weighted by Gasteiger charge is -2.54. The zero-order chi connectivity index (χ0) is 8.66. The predicted octanol–water partition coefficient (Wildman–Crippen LogP) is -0.764. The molecule has 0 aliphatic carbocycles. The smallest absolute Gasteiger partial charge is 0.129 e. The Morgan fingerprint density at radius 1 is 1.00 bits per heavy atom. The van der Waals surface area contributed by atoms with Gasteiger partial charge in [-0.3, -0.25) is 0 Å². The van der Waals surface area contributed by atoms with Crippen LogP contribution < -0.4 is 5.73 Å². The zero-order valence-corrected chi connectivity index (χ0v) is 8.13. The standard InChI is InChI=1S/C9H21N3/c1-11-4-7-12(3-2-10,8-5-11)9-6-11/h2-10H2,1H3/q+2. The van der Waals surface area contributed by atoms with Crippen LogP contribution >= 0.6 is 0 Å². The fourth-order valence-electron chi connectivity index (χ4n) is 2.64. The molecule has 3 nitrogen and oxygen atoms in total. The molecule has 3 saturated heterocycles. The normalized spacial score (nSPS) is 46.5. The lowest BCUT2D eigenvalue weighted by molar-refractivity contribution is -1.07. The topological polar surface area (TPSA) is 26.0 Å². The average molecular weight is 171 g/mol. The second kappa shape index (κ2) is 2.69. The minimum atomic E-state index is 0.865. The molecule has 0 spiro atoms. The Morgan fingerprint density at radius 2 is 1.50 bits per heavy atom. The van der Waals surface area contributed by atoms with Gasteiger partial charge in [0.05, 0.1) is 13.6 Å². The molecule has 0 radical (unpaired) electrons. The molecule has 0 amide bonds. The van der Waals surface area contributed by atoms with Crippen molar-refractivity contribution in [1.82, 2.24) is 0 Å². The van der Waals surface area contributed by atoms with E-state index < -0.39 is 0 Å². The summed E-state index contributed by atoms with van der Waals surface area (Å²) in [4.78, 5) is 0. The van der Waals surface area contributed by atoms with Crippen LogP contribution in [-0.4, -0.2) is 68.4 Å². The Morgan fingerprint density at radius 3 is 1.92 bits per heavy atom. The number of nitrogens with zero attached hydrogens (tertiary/aromatic N) is 2. The zero-order valence-electron chi connectivity index (χ0n) is 8.13. The molecule has 3 heteroatoms. The molecule has 3 aliphatic heterocycles. The number of piperazine rings is 3. The molecule has 2 bridgehead atoms. The highest BCUT2D eigenvalue weighted by molar-refractivity contribution is 4.59. The SMILES string of the molecule is C[N+]12CC[N+](CCN)(CC1)CC2. The number of nitrogens with two attached hydrogens (primary N) is 1. The van der Waals surface area contributed by atoms with Crippen LogP contribution in [0.25, 0.3) is 0 Å². The van der Waals surface area contributed by atoms with Crippen molar-refractivity contribution in [3.8, 4) is 0 Å². The lowest BCUT2D eigenvalue weighted by Crippen LogP contribution is -2.74. The first kappa shape index (κ1) is 8.48. The fraction of sp³-hybridized carbons (Fsp3) is 1.00. The van der Waals surface area contributed by atoms with Gasteiger partial charge in [0, 0.05) is 6.54 Å². The van der Waals surface area contributed by atoms with Crippen LogP contribution in [0.2, 0.25) is 0 Å². The summed E-state index contributed by atoms with van der Waals surface area (Å²) in [5, 5.41) is 0. The Balaban J connectivity index is 2.04. The molecule has 12 heavy (non-hydrogen) atoms. The second-order valence-electron chi connectivity index (χ2n) is 4.82. The number of likely N-dealkylation sites (N-methyl/N-ethyl adjacent to an activating group) is 1. The van der Waals surface area contributed by atoms with E-state index >= 15 is 0 Å². The van der Waals surface area contributed by atoms with Crippen LogP contribution in [-0.2, 0) is 0 Å². The van der Waals surface area contributed by atoms with Gasteiger partial charge in [-0.15, -0.1) is 0 Å². The monoisotopic (exact) mass is 171 g/mol. The van der Waals surface area contributed by atoms with Crippen molar-refractivity contribution in [1.29, 1.82) is 0 Å². The first-order valence-corrected chi connectivity index (χ1v) is 5.07. The van der Waals surface area contributed by atoms with E-state index in [0.29, 0.717) is 0 Å². The van der Waals surface area contributed by atoms with E-state index in [1.165, 1.54) is 54.8 Å². The number of quaternary nitrogens is 2. The van der Waals surface area contributed by atoms with Gasteiger partial charge in [0.15, 0.2) is 0 Å². The van der Waals surface area contributed by atoms with Crippen LogP contribution in [0.15, 0.2) is 0 Å². The van der Waals surface area contributed by atoms with Crippen molar-refractivity contribution in [3.05, 3.63) is 0 Å². The van der Waals surface area contributed by atoms with Gasteiger partial charge >= 0.3 is 0 Å². The van der Waals surface area contributed by atoms with Gasteiger partial charge in [0.25, 0.3) is 0 Å². The predicted molar refractivity (Wildman–Crippen MR) is 49.6 cm³/mol. The van der Waals surface area contributed by atoms with Crippen molar-refractivity contribution in [2.45, 2.75) is 0 Å². The maximum atomic E-state index is 5.65. The Kier molecular flexibility index (Phi) is 1.90. The molecule has 0 saturated carbocycles. The van der Waals surface area contributed by atoms with E-state index in [9.17, 15) is 0 Å². The molecule has 3 heterocycles. The molecular weight excluding hydrogens is 150 g/mol. The third-order valence-electron chi connectivity index (χ3n) is 3.95. The molecule has 0 atom stereocenters. The molecule has 2 N–H and O–H groups in total. The van der Waals surface area contributed by atoms with Crippen molar-refractivity contribution in [2.75, 3.05) is 59.4 Å². The number of rotatable bonds is 2. The van der Waals surface area contributed by atoms with Crippen LogP contribution in [0.4, 0.5) is 0 Å². The van der Waals surface area contributed by atoms with E-state index in [1.807, 2.05) is 0 Å². The summed E-state index contributed by atoms with van der Waals surface area (Å²) in [7, 11) is 2.40. The summed E-state index contributed by atoms with van der Waals surface area (Å²) in [6, 6.07) is 0. The van der Waals surface area contributed by atoms with E-state index in [2.05, 4.69) is 7.05 Å². The van der Waals surface area contributed by atoms with Gasteiger partial charge in [-0.25, -0.2) is 0 Å². The quantitative estimate of drug-likeness (QED) is 0.543. The van der Waals surface area contributed by atoms with Gasteiger partial charge in [-0.05, 0) is 0 Å². The van der Waals surface area contributed by atoms with E-state index in [4.69, 9.17) is 5.73 Å². The van der Waals surface area contributed by atoms with Crippen molar-refractivity contribution in [2.24, 2.45) is 5.73 Å². The van der Waals surface area contributed by atoms with Gasteiger partial charge < -0.3 is 14.7 Å². The molecule has 70 valence electrons. The number of fused-ring (bicyclic) bond motifs is 3. The van der Waals surface area contributed by atoms with Crippen LogP contribution in [0, 0.1) is 0 Å². The molecule has 0 aromatic rings. The first-order valence-electron chi connectivity index (χ1n) is 5.07. The van der Waals surface area contributed by atoms with Gasteiger partial charge in [-0.2, -0.15) is 0 Å². The van der Waals surface area contributed by atoms with Crippen LogP contribution in [0.5, 0.6) is 0 Å². The first-order chi connectivity index (χ1) is 5.68. The highest BCUT2D eigenvalue weighted by atomic mass is 15.5. The highest BCUT2D eigenvalue weighted by Crippen LogP contribution is 2.23. The number of hydrogen-bond donors (Lipinski definition) is 1. The minimum absolute atomic E-state index is 0.865. The van der Waals surface area contributed by atoms with Crippen molar-refractivity contribution >= 4 is 0 Å². The summed E-state index contributed by atoms with van der Waals surface area (Å²) in [6.07, 6.45) is 0. The van der Waals surface area contributed by atoms with Crippen LogP contribution in [0.3, 0.4) is 0 Å². The average Bonchev–Trinajstić information content (AvgIpc) is 2.08. The molecule has 3 rings (SSSR count). The lowest BCUT2D eigenvalue weighted by atomic mass is 10.1. The third kappa shape index (κ3) is 1.26. The Bertz CT molecular complexity index is 154. The summed E-state index contributed by atoms with van der Waals surface area (Å²) in [5.41, 5.74) is 5.65. The van der Waals surface area contributed by atoms with Crippen molar-refractivity contribution < 1.29 is 8.97 Å². The van der Waals surface area contributed by atoms with E-state index in [0.717, 1.165) is 6.54 Å². The summed E-state index contributed by atoms with van der Waals surface area (Å²) in [5.74, 6) is 0. The Hall–Kier alpha value is -0.120.